The lowest BCUT2D eigenvalue weighted by Gasteiger charge is -1.99. The molecule has 0 amide bonds. The van der Waals surface area contributed by atoms with E-state index in [0.717, 1.165) is 11.3 Å². The summed E-state index contributed by atoms with van der Waals surface area (Å²) in [6.07, 6.45) is 3.58. The van der Waals surface area contributed by atoms with Crippen LogP contribution in [-0.4, -0.2) is 16.8 Å². The van der Waals surface area contributed by atoms with Gasteiger partial charge in [0.25, 0.3) is 0 Å². The number of aliphatic carboxylic acids is 1. The predicted molar refractivity (Wildman–Crippen MR) is 64.1 cm³/mol. The van der Waals surface area contributed by atoms with Crippen LogP contribution >= 0.6 is 11.8 Å². The summed E-state index contributed by atoms with van der Waals surface area (Å²) in [5.41, 5.74) is 1.05. The number of carbonyl (C=O) groups is 1. The standard InChI is InChI=1S/C12H14O2S/c1-2-15-11-7-3-5-10(9-11)6-4-8-12(13)14/h3-7,9H,2,8H2,1H3,(H,13,14). The molecule has 3 heteroatoms. The highest BCUT2D eigenvalue weighted by Gasteiger charge is 1.93. The molecule has 0 spiro atoms. The van der Waals surface area contributed by atoms with E-state index in [4.69, 9.17) is 5.11 Å². The zero-order valence-electron chi connectivity index (χ0n) is 8.64. The van der Waals surface area contributed by atoms with Gasteiger partial charge in [-0.25, -0.2) is 0 Å². The number of thioether (sulfide) groups is 1. The molecule has 2 nitrogen and oxygen atoms in total. The van der Waals surface area contributed by atoms with Gasteiger partial charge in [0.1, 0.15) is 0 Å². The van der Waals surface area contributed by atoms with E-state index < -0.39 is 5.97 Å². The average molecular weight is 222 g/mol. The van der Waals surface area contributed by atoms with Crippen LogP contribution in [-0.2, 0) is 4.79 Å². The van der Waals surface area contributed by atoms with Crippen molar-refractivity contribution in [1.29, 1.82) is 0 Å². The first-order chi connectivity index (χ1) is 7.22. The Morgan fingerprint density at radius 3 is 3.00 bits per heavy atom. The summed E-state index contributed by atoms with van der Waals surface area (Å²) < 4.78 is 0. The van der Waals surface area contributed by atoms with Crippen molar-refractivity contribution in [3.05, 3.63) is 35.9 Å². The van der Waals surface area contributed by atoms with E-state index in [1.165, 1.54) is 4.90 Å². The minimum Gasteiger partial charge on any atom is -0.481 e. The van der Waals surface area contributed by atoms with Gasteiger partial charge in [-0.15, -0.1) is 11.8 Å². The highest BCUT2D eigenvalue weighted by atomic mass is 32.2. The molecule has 0 heterocycles. The Kier molecular flexibility index (Phi) is 4.98. The fourth-order valence-corrected chi connectivity index (χ4v) is 1.90. The minimum absolute atomic E-state index is 0.0746. The fraction of sp³-hybridized carbons (Fsp3) is 0.250. The summed E-state index contributed by atoms with van der Waals surface area (Å²) >= 11 is 1.78. The maximum atomic E-state index is 10.3. The summed E-state index contributed by atoms with van der Waals surface area (Å²) in [7, 11) is 0. The number of hydrogen-bond donors (Lipinski definition) is 1. The van der Waals surface area contributed by atoms with Gasteiger partial charge in [0.15, 0.2) is 0 Å². The molecular formula is C12H14O2S. The maximum Gasteiger partial charge on any atom is 0.307 e. The van der Waals surface area contributed by atoms with Crippen molar-refractivity contribution in [2.45, 2.75) is 18.2 Å². The summed E-state index contributed by atoms with van der Waals surface area (Å²) in [4.78, 5) is 11.5. The zero-order chi connectivity index (χ0) is 11.1. The molecule has 0 saturated carbocycles. The van der Waals surface area contributed by atoms with E-state index in [9.17, 15) is 4.79 Å². The molecule has 0 aliphatic heterocycles. The number of carboxylic acid groups (broad SMARTS) is 1. The molecular weight excluding hydrogens is 208 g/mol. The topological polar surface area (TPSA) is 37.3 Å². The van der Waals surface area contributed by atoms with Gasteiger partial charge in [-0.05, 0) is 23.4 Å². The molecule has 0 fully saturated rings. The van der Waals surface area contributed by atoms with E-state index in [2.05, 4.69) is 19.1 Å². The number of benzene rings is 1. The quantitative estimate of drug-likeness (QED) is 0.777. The maximum absolute atomic E-state index is 10.3. The molecule has 0 bridgehead atoms. The van der Waals surface area contributed by atoms with Crippen molar-refractivity contribution >= 4 is 23.8 Å². The second kappa shape index (κ2) is 6.30. The average Bonchev–Trinajstić information content (AvgIpc) is 2.18. The Bertz CT molecular complexity index is 358. The van der Waals surface area contributed by atoms with Crippen molar-refractivity contribution in [3.63, 3.8) is 0 Å². The van der Waals surface area contributed by atoms with Gasteiger partial charge in [0, 0.05) is 4.90 Å². The molecule has 15 heavy (non-hydrogen) atoms. The Hall–Kier alpha value is -1.22. The SMILES string of the molecule is CCSc1cccc(C=CCC(=O)O)c1. The van der Waals surface area contributed by atoms with Gasteiger partial charge in [0.05, 0.1) is 6.42 Å². The van der Waals surface area contributed by atoms with Gasteiger partial charge < -0.3 is 5.11 Å². The third-order valence-corrected chi connectivity index (χ3v) is 2.65. The van der Waals surface area contributed by atoms with Gasteiger partial charge in [0.2, 0.25) is 0 Å². The smallest absolute Gasteiger partial charge is 0.307 e. The van der Waals surface area contributed by atoms with Crippen molar-refractivity contribution < 1.29 is 9.90 Å². The van der Waals surface area contributed by atoms with E-state index >= 15 is 0 Å². The molecule has 0 atom stereocenters. The summed E-state index contributed by atoms with van der Waals surface area (Å²) in [5, 5.41) is 8.47. The first kappa shape index (κ1) is 11.9. The molecule has 0 aliphatic rings. The predicted octanol–water partition coefficient (Wildman–Crippen LogP) is 3.29. The number of hydrogen-bond acceptors (Lipinski definition) is 2. The van der Waals surface area contributed by atoms with E-state index in [1.54, 1.807) is 17.8 Å². The van der Waals surface area contributed by atoms with E-state index in [1.807, 2.05) is 18.2 Å². The normalized spacial score (nSPS) is 10.7. The van der Waals surface area contributed by atoms with Crippen LogP contribution in [0.3, 0.4) is 0 Å². The second-order valence-electron chi connectivity index (χ2n) is 3.01. The number of rotatable bonds is 5. The van der Waals surface area contributed by atoms with E-state index in [0.29, 0.717) is 0 Å². The van der Waals surface area contributed by atoms with Crippen molar-refractivity contribution in [1.82, 2.24) is 0 Å². The Morgan fingerprint density at radius 2 is 2.33 bits per heavy atom. The lowest BCUT2D eigenvalue weighted by molar-refractivity contribution is -0.135. The molecule has 1 aromatic carbocycles. The molecule has 0 unspecified atom stereocenters. The van der Waals surface area contributed by atoms with Crippen LogP contribution in [0.25, 0.3) is 6.08 Å². The van der Waals surface area contributed by atoms with E-state index in [-0.39, 0.29) is 6.42 Å². The molecule has 0 saturated heterocycles. The largest absolute Gasteiger partial charge is 0.481 e. The lowest BCUT2D eigenvalue weighted by Crippen LogP contribution is -1.89. The first-order valence-corrected chi connectivity index (χ1v) is 5.82. The number of carboxylic acids is 1. The summed E-state index contributed by atoms with van der Waals surface area (Å²) in [6.45, 7) is 2.11. The minimum atomic E-state index is -0.801. The van der Waals surface area contributed by atoms with Crippen LogP contribution < -0.4 is 0 Å². The van der Waals surface area contributed by atoms with Crippen LogP contribution in [0.4, 0.5) is 0 Å². The molecule has 0 aromatic heterocycles. The van der Waals surface area contributed by atoms with Gasteiger partial charge >= 0.3 is 5.97 Å². The van der Waals surface area contributed by atoms with Gasteiger partial charge in [-0.3, -0.25) is 4.79 Å². The Balaban J connectivity index is 2.64. The van der Waals surface area contributed by atoms with Crippen LogP contribution in [0.2, 0.25) is 0 Å². The second-order valence-corrected chi connectivity index (χ2v) is 4.34. The van der Waals surface area contributed by atoms with Crippen LogP contribution in [0, 0.1) is 0 Å². The molecule has 1 aromatic rings. The molecule has 0 radical (unpaired) electrons. The van der Waals surface area contributed by atoms with Crippen molar-refractivity contribution in [2.24, 2.45) is 0 Å². The summed E-state index contributed by atoms with van der Waals surface area (Å²) in [6, 6.07) is 8.08. The Labute approximate surface area is 94.0 Å². The Morgan fingerprint density at radius 1 is 1.53 bits per heavy atom. The molecule has 1 rings (SSSR count). The molecule has 0 aliphatic carbocycles. The first-order valence-electron chi connectivity index (χ1n) is 4.83. The fourth-order valence-electron chi connectivity index (χ4n) is 1.17. The molecule has 1 N–H and O–H groups in total. The monoisotopic (exact) mass is 222 g/mol. The van der Waals surface area contributed by atoms with Crippen LogP contribution in [0.1, 0.15) is 18.9 Å². The summed E-state index contributed by atoms with van der Waals surface area (Å²) in [5.74, 6) is 0.243. The lowest BCUT2D eigenvalue weighted by atomic mass is 10.2. The molecule has 80 valence electrons. The van der Waals surface area contributed by atoms with Crippen molar-refractivity contribution in [3.8, 4) is 0 Å². The third kappa shape index (κ3) is 4.70. The van der Waals surface area contributed by atoms with Gasteiger partial charge in [-0.2, -0.15) is 0 Å². The third-order valence-electron chi connectivity index (χ3n) is 1.77. The van der Waals surface area contributed by atoms with Gasteiger partial charge in [-0.1, -0.05) is 31.2 Å². The van der Waals surface area contributed by atoms with Crippen LogP contribution in [0.5, 0.6) is 0 Å². The zero-order valence-corrected chi connectivity index (χ0v) is 9.46. The van der Waals surface area contributed by atoms with Crippen molar-refractivity contribution in [2.75, 3.05) is 5.75 Å². The highest BCUT2D eigenvalue weighted by Crippen LogP contribution is 2.19. The van der Waals surface area contributed by atoms with Crippen LogP contribution in [0.15, 0.2) is 35.2 Å². The highest BCUT2D eigenvalue weighted by molar-refractivity contribution is 7.99.